The van der Waals surface area contributed by atoms with E-state index in [1.165, 1.54) is 5.57 Å². The van der Waals surface area contributed by atoms with Crippen LogP contribution in [0, 0.1) is 0 Å². The van der Waals surface area contributed by atoms with Crippen molar-refractivity contribution < 1.29 is 4.48 Å². The molecule has 0 spiro atoms. The van der Waals surface area contributed by atoms with Crippen molar-refractivity contribution in [2.45, 2.75) is 41.5 Å². The Morgan fingerprint density at radius 3 is 2.33 bits per heavy atom. The zero-order valence-electron chi connectivity index (χ0n) is 12.8. The van der Waals surface area contributed by atoms with Crippen LogP contribution in [-0.4, -0.2) is 24.8 Å². The third kappa shape index (κ3) is 11.4. The van der Waals surface area contributed by atoms with Crippen molar-refractivity contribution in [3.05, 3.63) is 35.6 Å². The fourth-order valence-corrected chi connectivity index (χ4v) is 1.10. The molecule has 0 bridgehead atoms. The Bertz CT molecular complexity index is 268. The average Bonchev–Trinajstić information content (AvgIpc) is 2.40. The third-order valence-electron chi connectivity index (χ3n) is 2.33. The Hall–Kier alpha value is -1.09. The van der Waals surface area contributed by atoms with Crippen LogP contribution in [0.3, 0.4) is 0 Å². The lowest BCUT2D eigenvalue weighted by Crippen LogP contribution is -2.26. The Morgan fingerprint density at radius 1 is 1.22 bits per heavy atom. The number of hydrogen-bond donors (Lipinski definition) is 1. The number of nitrogens with one attached hydrogen (secondary N) is 1. The van der Waals surface area contributed by atoms with Crippen LogP contribution in [-0.2, 0) is 0 Å². The predicted octanol–water partition coefficient (Wildman–Crippen LogP) is 4.23. The molecule has 0 aromatic heterocycles. The highest BCUT2D eigenvalue weighted by molar-refractivity contribution is 5.24. The zero-order valence-corrected chi connectivity index (χ0v) is 12.8. The van der Waals surface area contributed by atoms with Crippen LogP contribution in [0.1, 0.15) is 41.5 Å². The first kappa shape index (κ1) is 19.3. The molecule has 0 saturated carbocycles. The summed E-state index contributed by atoms with van der Waals surface area (Å²) >= 11 is 0. The minimum atomic E-state index is 0.416. The van der Waals surface area contributed by atoms with Crippen LogP contribution in [0.2, 0.25) is 0 Å². The second kappa shape index (κ2) is 14.0. The molecular formula is C15H29FN2. The maximum absolute atomic E-state index is 12.8. The molecule has 0 aliphatic carbocycles. The summed E-state index contributed by atoms with van der Waals surface area (Å²) in [5.74, 6) is 0. The molecule has 0 aromatic carbocycles. The summed E-state index contributed by atoms with van der Waals surface area (Å²) in [6.07, 6.45) is 8.00. The number of hydrogen-bond acceptors (Lipinski definition) is 2. The third-order valence-corrected chi connectivity index (χ3v) is 2.33. The smallest absolute Gasteiger partial charge is 0.0463 e. The van der Waals surface area contributed by atoms with E-state index in [4.69, 9.17) is 0 Å². The largest absolute Gasteiger partial charge is 0.387 e. The first-order valence-electron chi connectivity index (χ1n) is 6.73. The molecule has 3 heteroatoms. The van der Waals surface area contributed by atoms with Crippen LogP contribution in [0.15, 0.2) is 35.6 Å². The van der Waals surface area contributed by atoms with E-state index in [0.29, 0.717) is 19.6 Å². The number of likely N-dealkylation sites (N-methyl/N-ethyl adjacent to an activating group) is 1. The summed E-state index contributed by atoms with van der Waals surface area (Å²) in [6, 6.07) is 0. The first-order chi connectivity index (χ1) is 8.61. The van der Waals surface area contributed by atoms with Gasteiger partial charge in [-0.25, -0.2) is 0 Å². The fraction of sp³-hybridized carbons (Fsp3) is 0.600. The van der Waals surface area contributed by atoms with Gasteiger partial charge in [-0.3, -0.25) is 0 Å². The number of rotatable bonds is 7. The van der Waals surface area contributed by atoms with Gasteiger partial charge in [-0.2, -0.15) is 0 Å². The summed E-state index contributed by atoms with van der Waals surface area (Å²) in [5.41, 5.74) is 2.25. The molecule has 0 radical (unpaired) electrons. The second-order valence-corrected chi connectivity index (χ2v) is 3.62. The molecule has 0 fully saturated rings. The molecule has 0 amide bonds. The molecule has 0 saturated heterocycles. The van der Waals surface area contributed by atoms with Gasteiger partial charge in [-0.1, -0.05) is 38.2 Å². The molecule has 0 aliphatic rings. The lowest BCUT2D eigenvalue weighted by Gasteiger charge is -2.12. The van der Waals surface area contributed by atoms with Gasteiger partial charge in [-0.15, -0.1) is 9.60 Å². The van der Waals surface area contributed by atoms with Crippen molar-refractivity contribution in [1.82, 2.24) is 10.4 Å². The maximum atomic E-state index is 12.8. The van der Waals surface area contributed by atoms with E-state index in [2.05, 4.69) is 5.32 Å². The van der Waals surface area contributed by atoms with Gasteiger partial charge in [-0.05, 0) is 33.3 Å². The standard InChI is InChI=1S/C13H23FN2.C2H6/c1-5-7-8-9-12(3)13(4)15-10-11-16(14)6-2;1-2/h5,7-9,15H,6,10-11H2,1-4H3;1-2H3/b7-5-,9-8-,13-12+;. The molecule has 1 N–H and O–H groups in total. The highest BCUT2D eigenvalue weighted by Gasteiger charge is 1.98. The van der Waals surface area contributed by atoms with Gasteiger partial charge in [0.25, 0.3) is 0 Å². The van der Waals surface area contributed by atoms with Gasteiger partial charge < -0.3 is 5.32 Å². The molecule has 0 heterocycles. The van der Waals surface area contributed by atoms with Crippen LogP contribution in [0.4, 0.5) is 4.48 Å². The van der Waals surface area contributed by atoms with Crippen molar-refractivity contribution in [1.29, 1.82) is 0 Å². The molecule has 0 atom stereocenters. The molecule has 0 rings (SSSR count). The Balaban J connectivity index is 0. The molecule has 0 aromatic rings. The number of nitrogens with zero attached hydrogens (tertiary/aromatic N) is 1. The van der Waals surface area contributed by atoms with E-state index in [1.54, 1.807) is 6.92 Å². The molecule has 0 unspecified atom stereocenters. The van der Waals surface area contributed by atoms with Crippen molar-refractivity contribution in [2.75, 3.05) is 19.6 Å². The van der Waals surface area contributed by atoms with Gasteiger partial charge in [0.05, 0.1) is 0 Å². The number of allylic oxidation sites excluding steroid dienone is 6. The normalized spacial score (nSPS) is 12.7. The molecular weight excluding hydrogens is 227 g/mol. The van der Waals surface area contributed by atoms with Gasteiger partial charge >= 0.3 is 0 Å². The minimum absolute atomic E-state index is 0.416. The quantitative estimate of drug-likeness (QED) is 0.541. The zero-order chi connectivity index (χ0) is 14.4. The highest BCUT2D eigenvalue weighted by atomic mass is 19.2. The summed E-state index contributed by atoms with van der Waals surface area (Å²) in [7, 11) is 0. The van der Waals surface area contributed by atoms with E-state index < -0.39 is 0 Å². The molecule has 106 valence electrons. The van der Waals surface area contributed by atoms with Crippen molar-refractivity contribution in [3.63, 3.8) is 0 Å². The van der Waals surface area contributed by atoms with E-state index in [0.717, 1.165) is 10.8 Å². The van der Waals surface area contributed by atoms with E-state index in [1.807, 2.05) is 58.9 Å². The van der Waals surface area contributed by atoms with E-state index >= 15 is 0 Å². The number of halogens is 1. The van der Waals surface area contributed by atoms with Crippen LogP contribution in [0.5, 0.6) is 0 Å². The summed E-state index contributed by atoms with van der Waals surface area (Å²) in [5, 5.41) is 3.99. The maximum Gasteiger partial charge on any atom is 0.0463 e. The molecule has 0 aliphatic heterocycles. The molecule has 2 nitrogen and oxygen atoms in total. The van der Waals surface area contributed by atoms with Crippen molar-refractivity contribution in [3.8, 4) is 0 Å². The Kier molecular flexibility index (Phi) is 14.9. The topological polar surface area (TPSA) is 15.3 Å². The van der Waals surface area contributed by atoms with Crippen LogP contribution >= 0.6 is 0 Å². The fourth-order valence-electron chi connectivity index (χ4n) is 1.10. The lowest BCUT2D eigenvalue weighted by molar-refractivity contribution is 0.0342. The SMILES string of the molecule is CC.C\C=C/C=C\C(C)=C(/C)NCCN(F)CC. The first-order valence-corrected chi connectivity index (χ1v) is 6.73. The Morgan fingerprint density at radius 2 is 1.83 bits per heavy atom. The predicted molar refractivity (Wildman–Crippen MR) is 80.0 cm³/mol. The van der Waals surface area contributed by atoms with E-state index in [9.17, 15) is 4.48 Å². The summed E-state index contributed by atoms with van der Waals surface area (Å²) in [4.78, 5) is 0. The highest BCUT2D eigenvalue weighted by Crippen LogP contribution is 2.01. The van der Waals surface area contributed by atoms with Crippen molar-refractivity contribution in [2.24, 2.45) is 0 Å². The van der Waals surface area contributed by atoms with Crippen molar-refractivity contribution >= 4 is 0 Å². The second-order valence-electron chi connectivity index (χ2n) is 3.62. The monoisotopic (exact) mass is 256 g/mol. The van der Waals surface area contributed by atoms with Crippen LogP contribution in [0.25, 0.3) is 0 Å². The lowest BCUT2D eigenvalue weighted by atomic mass is 10.2. The van der Waals surface area contributed by atoms with Crippen LogP contribution < -0.4 is 5.32 Å². The minimum Gasteiger partial charge on any atom is -0.387 e. The van der Waals surface area contributed by atoms with Gasteiger partial charge in [0.15, 0.2) is 0 Å². The van der Waals surface area contributed by atoms with Gasteiger partial charge in [0.2, 0.25) is 0 Å². The summed E-state index contributed by atoms with van der Waals surface area (Å²) in [6.45, 7) is 13.3. The molecule has 18 heavy (non-hydrogen) atoms. The van der Waals surface area contributed by atoms with Gasteiger partial charge in [0.1, 0.15) is 0 Å². The summed E-state index contributed by atoms with van der Waals surface area (Å²) < 4.78 is 12.8. The van der Waals surface area contributed by atoms with Gasteiger partial charge in [0, 0.05) is 25.3 Å². The Labute approximate surface area is 112 Å². The van der Waals surface area contributed by atoms with E-state index in [-0.39, 0.29) is 0 Å². The average molecular weight is 256 g/mol.